The van der Waals surface area contributed by atoms with Crippen LogP contribution in [0.5, 0.6) is 0 Å². The number of piperidine rings is 1. The average molecular weight is 325 g/mol. The van der Waals surface area contributed by atoms with Crippen LogP contribution in [-0.4, -0.2) is 44.5 Å². The molecule has 2 aliphatic heterocycles. The summed E-state index contributed by atoms with van der Waals surface area (Å²) >= 11 is 0. The molecule has 1 amide bonds. The van der Waals surface area contributed by atoms with E-state index in [1.165, 1.54) is 10.5 Å². The number of carbonyl (C=O) groups excluding carboxylic acids is 1. The average Bonchev–Trinajstić information content (AvgIpc) is 3.18. The van der Waals surface area contributed by atoms with Crippen molar-refractivity contribution in [2.24, 2.45) is 5.92 Å². The van der Waals surface area contributed by atoms with Crippen LogP contribution < -0.4 is 0 Å². The van der Waals surface area contributed by atoms with Gasteiger partial charge in [-0.3, -0.25) is 4.79 Å². The third-order valence-electron chi connectivity index (χ3n) is 5.21. The highest BCUT2D eigenvalue weighted by Gasteiger charge is 2.33. The SMILES string of the molecule is O=C(CC1c2ccccc2-c2cncn21)C1CCN(C(=O)O)CC1. The van der Waals surface area contributed by atoms with Crippen LogP contribution in [0.3, 0.4) is 0 Å². The smallest absolute Gasteiger partial charge is 0.407 e. The standard InChI is InChI=1S/C18H19N3O3/c22-17(12-5-7-20(8-6-12)18(23)24)9-15-13-3-1-2-4-14(13)16-10-19-11-21(15)16/h1-4,10-12,15H,5-9H2,(H,23,24). The van der Waals surface area contributed by atoms with E-state index in [1.807, 2.05) is 18.3 Å². The summed E-state index contributed by atoms with van der Waals surface area (Å²) in [5.41, 5.74) is 3.38. The molecule has 2 aliphatic rings. The molecule has 1 N–H and O–H groups in total. The Morgan fingerprint density at radius 3 is 2.71 bits per heavy atom. The maximum Gasteiger partial charge on any atom is 0.407 e. The largest absolute Gasteiger partial charge is 0.465 e. The Morgan fingerprint density at radius 1 is 1.21 bits per heavy atom. The number of rotatable bonds is 3. The molecule has 0 bridgehead atoms. The molecular formula is C18H19N3O3. The molecule has 24 heavy (non-hydrogen) atoms. The topological polar surface area (TPSA) is 75.4 Å². The molecule has 1 fully saturated rings. The van der Waals surface area contributed by atoms with E-state index in [-0.39, 0.29) is 17.7 Å². The zero-order valence-electron chi connectivity index (χ0n) is 13.3. The normalized spacial score (nSPS) is 19.8. The van der Waals surface area contributed by atoms with E-state index in [0.717, 1.165) is 11.3 Å². The van der Waals surface area contributed by atoms with Gasteiger partial charge >= 0.3 is 6.09 Å². The van der Waals surface area contributed by atoms with E-state index in [1.54, 1.807) is 6.33 Å². The summed E-state index contributed by atoms with van der Waals surface area (Å²) in [5.74, 6) is 0.182. The molecule has 3 heterocycles. The van der Waals surface area contributed by atoms with Crippen LogP contribution in [0.25, 0.3) is 11.3 Å². The highest BCUT2D eigenvalue weighted by atomic mass is 16.4. The molecule has 4 rings (SSSR count). The summed E-state index contributed by atoms with van der Waals surface area (Å²) in [5, 5.41) is 9.02. The Morgan fingerprint density at radius 2 is 1.96 bits per heavy atom. The van der Waals surface area contributed by atoms with Crippen LogP contribution in [0.15, 0.2) is 36.8 Å². The van der Waals surface area contributed by atoms with E-state index >= 15 is 0 Å². The molecule has 1 aromatic heterocycles. The lowest BCUT2D eigenvalue weighted by atomic mass is 9.88. The maximum absolute atomic E-state index is 12.8. The number of likely N-dealkylation sites (tertiary alicyclic amines) is 1. The first-order valence-corrected chi connectivity index (χ1v) is 8.27. The summed E-state index contributed by atoms with van der Waals surface area (Å²) in [7, 11) is 0. The van der Waals surface area contributed by atoms with E-state index < -0.39 is 6.09 Å². The van der Waals surface area contributed by atoms with E-state index in [0.29, 0.717) is 32.4 Å². The minimum atomic E-state index is -0.895. The van der Waals surface area contributed by atoms with Crippen LogP contribution in [0, 0.1) is 5.92 Å². The van der Waals surface area contributed by atoms with Crippen LogP contribution in [0.4, 0.5) is 4.79 Å². The van der Waals surface area contributed by atoms with Crippen molar-refractivity contribution in [1.29, 1.82) is 0 Å². The van der Waals surface area contributed by atoms with Gasteiger partial charge in [0.1, 0.15) is 5.78 Å². The minimum Gasteiger partial charge on any atom is -0.465 e. The monoisotopic (exact) mass is 325 g/mol. The van der Waals surface area contributed by atoms with Gasteiger partial charge in [0.05, 0.1) is 24.3 Å². The van der Waals surface area contributed by atoms with Gasteiger partial charge in [-0.25, -0.2) is 9.78 Å². The molecule has 6 heteroatoms. The van der Waals surface area contributed by atoms with Crippen molar-refractivity contribution in [1.82, 2.24) is 14.5 Å². The summed E-state index contributed by atoms with van der Waals surface area (Å²) in [6.45, 7) is 0.895. The highest BCUT2D eigenvalue weighted by molar-refractivity contribution is 5.83. The third kappa shape index (κ3) is 2.38. The number of imidazole rings is 1. The maximum atomic E-state index is 12.8. The van der Waals surface area contributed by atoms with Crippen molar-refractivity contribution in [3.63, 3.8) is 0 Å². The van der Waals surface area contributed by atoms with Gasteiger partial charge in [0.15, 0.2) is 0 Å². The molecule has 1 aromatic carbocycles. The molecule has 0 saturated carbocycles. The van der Waals surface area contributed by atoms with Gasteiger partial charge in [0.2, 0.25) is 0 Å². The highest BCUT2D eigenvalue weighted by Crippen LogP contribution is 2.41. The zero-order valence-corrected chi connectivity index (χ0v) is 13.3. The summed E-state index contributed by atoms with van der Waals surface area (Å²) in [6.07, 6.45) is 4.42. The molecule has 0 aliphatic carbocycles. The second kappa shape index (κ2) is 5.78. The van der Waals surface area contributed by atoms with Crippen LogP contribution >= 0.6 is 0 Å². The van der Waals surface area contributed by atoms with E-state index in [2.05, 4.69) is 21.7 Å². The predicted molar refractivity (Wildman–Crippen MR) is 87.7 cm³/mol. The molecule has 0 spiro atoms. The number of fused-ring (bicyclic) bond motifs is 3. The first-order chi connectivity index (χ1) is 11.6. The number of nitrogens with zero attached hydrogens (tertiary/aromatic N) is 3. The van der Waals surface area contributed by atoms with Gasteiger partial charge in [-0.1, -0.05) is 24.3 Å². The first kappa shape index (κ1) is 14.9. The molecule has 6 nitrogen and oxygen atoms in total. The number of hydrogen-bond donors (Lipinski definition) is 1. The van der Waals surface area contributed by atoms with Crippen molar-refractivity contribution in [2.75, 3.05) is 13.1 Å². The van der Waals surface area contributed by atoms with Crippen molar-refractivity contribution < 1.29 is 14.7 Å². The van der Waals surface area contributed by atoms with Crippen molar-refractivity contribution in [2.45, 2.75) is 25.3 Å². The summed E-state index contributed by atoms with van der Waals surface area (Å²) in [4.78, 5) is 29.4. The van der Waals surface area contributed by atoms with Gasteiger partial charge in [-0.15, -0.1) is 0 Å². The lowest BCUT2D eigenvalue weighted by molar-refractivity contribution is -0.124. The Bertz CT molecular complexity index is 790. The van der Waals surface area contributed by atoms with Gasteiger partial charge in [0.25, 0.3) is 0 Å². The number of hydrogen-bond acceptors (Lipinski definition) is 3. The number of carboxylic acid groups (broad SMARTS) is 1. The fourth-order valence-electron chi connectivity index (χ4n) is 3.89. The summed E-state index contributed by atoms with van der Waals surface area (Å²) < 4.78 is 2.08. The van der Waals surface area contributed by atoms with Gasteiger partial charge < -0.3 is 14.6 Å². The third-order valence-corrected chi connectivity index (χ3v) is 5.21. The predicted octanol–water partition coefficient (Wildman–Crippen LogP) is 2.80. The molecule has 2 aromatic rings. The van der Waals surface area contributed by atoms with Crippen LogP contribution in [0.1, 0.15) is 30.9 Å². The minimum absolute atomic E-state index is 0.00343. The fourth-order valence-corrected chi connectivity index (χ4v) is 3.89. The molecule has 1 unspecified atom stereocenters. The van der Waals surface area contributed by atoms with E-state index in [4.69, 9.17) is 5.11 Å². The lowest BCUT2D eigenvalue weighted by Crippen LogP contribution is -2.39. The summed E-state index contributed by atoms with van der Waals surface area (Å²) in [6, 6.07) is 8.15. The number of benzene rings is 1. The van der Waals surface area contributed by atoms with Crippen molar-refractivity contribution >= 4 is 11.9 Å². The molecule has 1 atom stereocenters. The molecule has 0 radical (unpaired) electrons. The fraction of sp³-hybridized carbons (Fsp3) is 0.389. The number of Topliss-reactive ketones (excluding diaryl/α,β-unsaturated/α-hetero) is 1. The zero-order chi connectivity index (χ0) is 16.7. The Hall–Kier alpha value is -2.63. The number of carbonyl (C=O) groups is 2. The second-order valence-electron chi connectivity index (χ2n) is 6.50. The van der Waals surface area contributed by atoms with Gasteiger partial charge in [-0.2, -0.15) is 0 Å². The quantitative estimate of drug-likeness (QED) is 0.941. The van der Waals surface area contributed by atoms with Crippen molar-refractivity contribution in [3.8, 4) is 11.3 Å². The molecule has 1 saturated heterocycles. The van der Waals surface area contributed by atoms with Crippen molar-refractivity contribution in [3.05, 3.63) is 42.4 Å². The second-order valence-corrected chi connectivity index (χ2v) is 6.50. The Labute approximate surface area is 139 Å². The molecule has 124 valence electrons. The van der Waals surface area contributed by atoms with Gasteiger partial charge in [0, 0.05) is 31.0 Å². The number of aromatic nitrogens is 2. The Balaban J connectivity index is 1.50. The van der Waals surface area contributed by atoms with E-state index in [9.17, 15) is 9.59 Å². The number of ketones is 1. The lowest BCUT2D eigenvalue weighted by Gasteiger charge is -2.29. The van der Waals surface area contributed by atoms with Crippen LogP contribution in [-0.2, 0) is 4.79 Å². The Kier molecular flexibility index (Phi) is 3.59. The first-order valence-electron chi connectivity index (χ1n) is 8.27. The number of amides is 1. The molecular weight excluding hydrogens is 306 g/mol. The van der Waals surface area contributed by atoms with Gasteiger partial charge in [-0.05, 0) is 18.4 Å². The van der Waals surface area contributed by atoms with Crippen LogP contribution in [0.2, 0.25) is 0 Å².